The Bertz CT molecular complexity index is 75.0. The van der Waals surface area contributed by atoms with Crippen LogP contribution in [0.5, 0.6) is 0 Å². The van der Waals surface area contributed by atoms with Crippen LogP contribution in [0, 0.1) is 11.3 Å². The van der Waals surface area contributed by atoms with Crippen LogP contribution in [0.2, 0.25) is 0 Å². The molecule has 0 aromatic rings. The summed E-state index contributed by atoms with van der Waals surface area (Å²) in [7, 11) is 0. The molecule has 0 unspecified atom stereocenters. The summed E-state index contributed by atoms with van der Waals surface area (Å²) in [5, 5.41) is 17.6. The quantitative estimate of drug-likeness (QED) is 0.591. The number of rotatable bonds is 3. The molecule has 2 heteroatoms. The molecule has 0 aliphatic heterocycles. The molecule has 0 amide bonds. The minimum atomic E-state index is -0.306. The highest BCUT2D eigenvalue weighted by Crippen LogP contribution is 2.24. The van der Waals surface area contributed by atoms with E-state index in [0.717, 1.165) is 0 Å². The van der Waals surface area contributed by atoms with Crippen molar-refractivity contribution >= 4 is 0 Å². The Hall–Kier alpha value is -0.0800. The number of aliphatic hydroxyl groups is 2. The second-order valence-corrected chi connectivity index (χ2v) is 3.12. The number of hydrogen-bond donors (Lipinski definition) is 2. The molecule has 0 spiro atoms. The van der Waals surface area contributed by atoms with Crippen molar-refractivity contribution in [3.8, 4) is 0 Å². The summed E-state index contributed by atoms with van der Waals surface area (Å²) >= 11 is 0. The summed E-state index contributed by atoms with van der Waals surface area (Å²) in [4.78, 5) is 0. The van der Waals surface area contributed by atoms with Crippen molar-refractivity contribution in [2.75, 3.05) is 13.2 Å². The maximum Gasteiger partial charge on any atom is 0.0509 e. The summed E-state index contributed by atoms with van der Waals surface area (Å²) in [5.41, 5.74) is -0.306. The molecule has 0 aromatic carbocycles. The average Bonchev–Trinajstić information content (AvgIpc) is 1.86. The van der Waals surface area contributed by atoms with E-state index in [2.05, 4.69) is 0 Å². The van der Waals surface area contributed by atoms with Crippen LogP contribution in [0.4, 0.5) is 0 Å². The van der Waals surface area contributed by atoms with Gasteiger partial charge in [0, 0.05) is 5.41 Å². The molecule has 0 aromatic heterocycles. The van der Waals surface area contributed by atoms with E-state index in [-0.39, 0.29) is 18.6 Å². The van der Waals surface area contributed by atoms with E-state index < -0.39 is 0 Å². The number of hydrogen-bond acceptors (Lipinski definition) is 2. The Morgan fingerprint density at radius 1 is 1.22 bits per heavy atom. The van der Waals surface area contributed by atoms with Crippen LogP contribution in [0.3, 0.4) is 0 Å². The maximum atomic E-state index is 8.80. The van der Waals surface area contributed by atoms with Gasteiger partial charge < -0.3 is 10.2 Å². The normalized spacial score (nSPS) is 12.7. The molecule has 0 radical (unpaired) electrons. The van der Waals surface area contributed by atoms with Gasteiger partial charge in [0.25, 0.3) is 0 Å². The van der Waals surface area contributed by atoms with Crippen LogP contribution < -0.4 is 0 Å². The fraction of sp³-hybridized carbons (Fsp3) is 1.00. The zero-order chi connectivity index (χ0) is 7.49. The molecule has 0 bridgehead atoms. The minimum Gasteiger partial charge on any atom is -0.396 e. The summed E-state index contributed by atoms with van der Waals surface area (Å²) < 4.78 is 0. The lowest BCUT2D eigenvalue weighted by Crippen LogP contribution is -2.31. The van der Waals surface area contributed by atoms with Crippen molar-refractivity contribution in [3.05, 3.63) is 0 Å². The van der Waals surface area contributed by atoms with Crippen LogP contribution >= 0.6 is 0 Å². The molecule has 0 aliphatic rings. The van der Waals surface area contributed by atoms with E-state index in [4.69, 9.17) is 10.2 Å². The highest BCUT2D eigenvalue weighted by atomic mass is 16.3. The molecule has 9 heavy (non-hydrogen) atoms. The summed E-state index contributed by atoms with van der Waals surface area (Å²) in [5.74, 6) is 0.326. The highest BCUT2D eigenvalue weighted by molar-refractivity contribution is 4.74. The lowest BCUT2D eigenvalue weighted by Gasteiger charge is -2.28. The second-order valence-electron chi connectivity index (χ2n) is 3.12. The lowest BCUT2D eigenvalue weighted by atomic mass is 9.81. The van der Waals surface area contributed by atoms with Crippen molar-refractivity contribution in [1.29, 1.82) is 0 Å². The van der Waals surface area contributed by atoms with E-state index in [1.807, 2.05) is 20.8 Å². The Labute approximate surface area is 56.5 Å². The van der Waals surface area contributed by atoms with Gasteiger partial charge in [0.2, 0.25) is 0 Å². The molecule has 0 heterocycles. The van der Waals surface area contributed by atoms with Crippen LogP contribution in [0.15, 0.2) is 0 Å². The van der Waals surface area contributed by atoms with E-state index in [1.165, 1.54) is 0 Å². The van der Waals surface area contributed by atoms with Crippen LogP contribution in [-0.2, 0) is 0 Å². The molecule has 0 fully saturated rings. The first-order valence-electron chi connectivity index (χ1n) is 3.28. The van der Waals surface area contributed by atoms with Gasteiger partial charge in [-0.15, -0.1) is 0 Å². The monoisotopic (exact) mass is 132 g/mol. The molecule has 0 aliphatic carbocycles. The molecule has 0 atom stereocenters. The fourth-order valence-corrected chi connectivity index (χ4v) is 0.415. The second kappa shape index (κ2) is 3.18. The molecule has 0 rings (SSSR count). The Morgan fingerprint density at radius 2 is 1.56 bits per heavy atom. The third-order valence-corrected chi connectivity index (χ3v) is 2.12. The predicted octanol–water partition coefficient (Wildman–Crippen LogP) is 0.633. The maximum absolute atomic E-state index is 8.80. The summed E-state index contributed by atoms with van der Waals surface area (Å²) in [6, 6.07) is 0. The Balaban J connectivity index is 3.92. The fourth-order valence-electron chi connectivity index (χ4n) is 0.415. The highest BCUT2D eigenvalue weighted by Gasteiger charge is 2.25. The standard InChI is InChI=1S/C7H16O2/c1-6(2)7(3,4-8)5-9/h6,8-9H,4-5H2,1-3H3. The van der Waals surface area contributed by atoms with Gasteiger partial charge in [-0.3, -0.25) is 0 Å². The molecular weight excluding hydrogens is 116 g/mol. The van der Waals surface area contributed by atoms with Crippen molar-refractivity contribution in [1.82, 2.24) is 0 Å². The summed E-state index contributed by atoms with van der Waals surface area (Å²) in [6.45, 7) is 5.97. The van der Waals surface area contributed by atoms with Crippen LogP contribution in [0.1, 0.15) is 20.8 Å². The first-order chi connectivity index (χ1) is 4.06. The molecule has 56 valence electrons. The van der Waals surface area contributed by atoms with Crippen molar-refractivity contribution in [2.45, 2.75) is 20.8 Å². The van der Waals surface area contributed by atoms with Crippen LogP contribution in [-0.4, -0.2) is 23.4 Å². The topological polar surface area (TPSA) is 40.5 Å². The SMILES string of the molecule is CC(C)C(C)(CO)CO. The lowest BCUT2D eigenvalue weighted by molar-refractivity contribution is 0.0322. The third-order valence-electron chi connectivity index (χ3n) is 2.12. The first-order valence-corrected chi connectivity index (χ1v) is 3.28. The smallest absolute Gasteiger partial charge is 0.0509 e. The minimum absolute atomic E-state index is 0.0567. The molecular formula is C7H16O2. The van der Waals surface area contributed by atoms with Gasteiger partial charge in [-0.1, -0.05) is 20.8 Å². The van der Waals surface area contributed by atoms with Gasteiger partial charge in [-0.25, -0.2) is 0 Å². The van der Waals surface area contributed by atoms with Gasteiger partial charge in [-0.2, -0.15) is 0 Å². The molecule has 0 saturated heterocycles. The Morgan fingerprint density at radius 3 is 1.56 bits per heavy atom. The van der Waals surface area contributed by atoms with Crippen LogP contribution in [0.25, 0.3) is 0 Å². The largest absolute Gasteiger partial charge is 0.396 e. The van der Waals surface area contributed by atoms with Crippen molar-refractivity contribution in [3.63, 3.8) is 0 Å². The predicted molar refractivity (Wildman–Crippen MR) is 37.1 cm³/mol. The van der Waals surface area contributed by atoms with Crippen molar-refractivity contribution < 1.29 is 10.2 Å². The average molecular weight is 132 g/mol. The van der Waals surface area contributed by atoms with E-state index >= 15 is 0 Å². The molecule has 2 nitrogen and oxygen atoms in total. The van der Waals surface area contributed by atoms with Gasteiger partial charge in [0.05, 0.1) is 13.2 Å². The van der Waals surface area contributed by atoms with Gasteiger partial charge >= 0.3 is 0 Å². The molecule has 0 saturated carbocycles. The third kappa shape index (κ3) is 1.95. The number of aliphatic hydroxyl groups excluding tert-OH is 2. The zero-order valence-corrected chi connectivity index (χ0v) is 6.39. The molecule has 2 N–H and O–H groups in total. The van der Waals surface area contributed by atoms with E-state index in [0.29, 0.717) is 5.92 Å². The zero-order valence-electron chi connectivity index (χ0n) is 6.39. The Kier molecular flexibility index (Phi) is 3.15. The summed E-state index contributed by atoms with van der Waals surface area (Å²) in [6.07, 6.45) is 0. The van der Waals surface area contributed by atoms with Crippen molar-refractivity contribution in [2.24, 2.45) is 11.3 Å². The van der Waals surface area contributed by atoms with E-state index in [9.17, 15) is 0 Å². The first kappa shape index (κ1) is 8.92. The van der Waals surface area contributed by atoms with Gasteiger partial charge in [-0.05, 0) is 5.92 Å². The van der Waals surface area contributed by atoms with Gasteiger partial charge in [0.15, 0.2) is 0 Å². The van der Waals surface area contributed by atoms with Gasteiger partial charge in [0.1, 0.15) is 0 Å². The van der Waals surface area contributed by atoms with E-state index in [1.54, 1.807) is 0 Å².